The fourth-order valence-corrected chi connectivity index (χ4v) is 3.95. The number of phenols is 1. The van der Waals surface area contributed by atoms with Crippen LogP contribution >= 0.6 is 0 Å². The number of aromatic nitrogens is 1. The smallest absolute Gasteiger partial charge is 0.309 e. The van der Waals surface area contributed by atoms with Gasteiger partial charge in [-0.1, -0.05) is 50.3 Å². The maximum absolute atomic E-state index is 11.7. The summed E-state index contributed by atoms with van der Waals surface area (Å²) in [5, 5.41) is 19.7. The minimum Gasteiger partial charge on any atom is -0.508 e. The van der Waals surface area contributed by atoms with Crippen LogP contribution in [0.5, 0.6) is 5.75 Å². The Balaban J connectivity index is 1.85. The lowest BCUT2D eigenvalue weighted by Crippen LogP contribution is -2.31. The Hall–Kier alpha value is -3.44. The average molecular weight is 430 g/mol. The van der Waals surface area contributed by atoms with Crippen molar-refractivity contribution in [3.8, 4) is 28.3 Å². The number of carbonyl (C=O) groups excluding carboxylic acids is 1. The number of esters is 1. The summed E-state index contributed by atoms with van der Waals surface area (Å²) in [4.78, 5) is 16.7. The average Bonchev–Trinajstić information content (AvgIpc) is 2.77. The number of benzene rings is 2. The number of cyclic esters (lactones) is 1. The lowest BCUT2D eigenvalue weighted by atomic mass is 9.91. The number of aliphatic hydroxyl groups excluding tert-OH is 1. The predicted octanol–water partition coefficient (Wildman–Crippen LogP) is 5.32. The molecule has 3 aromatic rings. The maximum Gasteiger partial charge on any atom is 0.309 e. The number of aliphatic hydroxyl groups is 1. The Labute approximate surface area is 188 Å². The van der Waals surface area contributed by atoms with E-state index < -0.39 is 18.2 Å². The summed E-state index contributed by atoms with van der Waals surface area (Å²) in [5.41, 5.74) is 5.60. The molecule has 1 fully saturated rings. The fraction of sp³-hybridized carbons (Fsp3) is 0.259. The Morgan fingerprint density at radius 1 is 1.06 bits per heavy atom. The normalized spacial score (nSPS) is 18.8. The zero-order valence-electron chi connectivity index (χ0n) is 18.2. The Morgan fingerprint density at radius 2 is 1.78 bits per heavy atom. The SMILES string of the molecule is CC(C)c1cc(-c2ccccc2)nc(-c2ccc(O)cc2)c1C=C[C@@H]1C[C@@H](O)CC(=O)O1. The molecule has 2 atom stereocenters. The largest absolute Gasteiger partial charge is 0.508 e. The topological polar surface area (TPSA) is 79.7 Å². The number of phenolic OH excluding ortho intramolecular Hbond substituents is 1. The number of aromatic hydroxyl groups is 1. The minimum absolute atomic E-state index is 0.0354. The first-order valence-electron chi connectivity index (χ1n) is 10.9. The number of hydrogen-bond acceptors (Lipinski definition) is 5. The second-order valence-electron chi connectivity index (χ2n) is 8.41. The van der Waals surface area contributed by atoms with E-state index in [-0.39, 0.29) is 18.1 Å². The van der Waals surface area contributed by atoms with E-state index in [4.69, 9.17) is 9.72 Å². The molecule has 0 amide bonds. The van der Waals surface area contributed by atoms with Crippen molar-refractivity contribution >= 4 is 12.0 Å². The van der Waals surface area contributed by atoms with E-state index in [9.17, 15) is 15.0 Å². The molecular formula is C27H27NO4. The summed E-state index contributed by atoms with van der Waals surface area (Å²) in [6.07, 6.45) is 3.01. The monoisotopic (exact) mass is 429 g/mol. The van der Waals surface area contributed by atoms with Crippen molar-refractivity contribution in [3.05, 3.63) is 77.9 Å². The van der Waals surface area contributed by atoms with Gasteiger partial charge in [-0.3, -0.25) is 4.79 Å². The van der Waals surface area contributed by atoms with Crippen LogP contribution in [0.1, 0.15) is 43.7 Å². The summed E-state index contributed by atoms with van der Waals surface area (Å²) in [6.45, 7) is 4.26. The zero-order chi connectivity index (χ0) is 22.7. The van der Waals surface area contributed by atoms with Gasteiger partial charge in [0.15, 0.2) is 0 Å². The highest BCUT2D eigenvalue weighted by atomic mass is 16.5. The molecule has 2 N–H and O–H groups in total. The third-order valence-electron chi connectivity index (χ3n) is 5.59. The van der Waals surface area contributed by atoms with Gasteiger partial charge >= 0.3 is 5.97 Å². The van der Waals surface area contributed by atoms with Gasteiger partial charge in [0.1, 0.15) is 11.9 Å². The molecule has 0 saturated carbocycles. The second kappa shape index (κ2) is 9.37. The first-order valence-corrected chi connectivity index (χ1v) is 10.9. The number of hydrogen-bond donors (Lipinski definition) is 2. The van der Waals surface area contributed by atoms with E-state index in [1.54, 1.807) is 12.1 Å². The van der Waals surface area contributed by atoms with Crippen molar-refractivity contribution in [2.75, 3.05) is 0 Å². The van der Waals surface area contributed by atoms with E-state index in [0.29, 0.717) is 6.42 Å². The van der Waals surface area contributed by atoms with Crippen LogP contribution in [0.15, 0.2) is 66.7 Å². The van der Waals surface area contributed by atoms with Crippen molar-refractivity contribution < 1.29 is 19.7 Å². The van der Waals surface area contributed by atoms with Gasteiger partial charge in [0.25, 0.3) is 0 Å². The fourth-order valence-electron chi connectivity index (χ4n) is 3.95. The highest BCUT2D eigenvalue weighted by Gasteiger charge is 2.25. The van der Waals surface area contributed by atoms with Gasteiger partial charge in [-0.2, -0.15) is 0 Å². The molecule has 2 aromatic carbocycles. The molecule has 1 aliphatic heterocycles. The summed E-state index contributed by atoms with van der Waals surface area (Å²) < 4.78 is 5.39. The first kappa shape index (κ1) is 21.8. The van der Waals surface area contributed by atoms with Crippen LogP contribution in [-0.2, 0) is 9.53 Å². The van der Waals surface area contributed by atoms with Gasteiger partial charge in [-0.15, -0.1) is 0 Å². The molecule has 0 unspecified atom stereocenters. The predicted molar refractivity (Wildman–Crippen MR) is 125 cm³/mol. The highest BCUT2D eigenvalue weighted by molar-refractivity contribution is 5.78. The van der Waals surface area contributed by atoms with E-state index in [1.807, 2.05) is 54.6 Å². The molecule has 0 aliphatic carbocycles. The molecule has 0 bridgehead atoms. The molecule has 1 aromatic heterocycles. The summed E-state index contributed by atoms with van der Waals surface area (Å²) in [6, 6.07) is 19.1. The van der Waals surface area contributed by atoms with Gasteiger partial charge in [0.05, 0.1) is 23.9 Å². The quantitative estimate of drug-likeness (QED) is 0.536. The van der Waals surface area contributed by atoms with E-state index in [2.05, 4.69) is 19.9 Å². The standard InChI is InChI=1S/C27H27NO4/c1-17(2)24-16-25(18-6-4-3-5-7-18)28-27(19-8-10-20(29)11-9-19)23(24)13-12-22-14-21(30)15-26(31)32-22/h3-13,16-17,21-22,29-30H,14-15H2,1-2H3/t21-,22-/m1/s1. The molecule has 2 heterocycles. The van der Waals surface area contributed by atoms with Crippen LogP contribution in [-0.4, -0.2) is 33.4 Å². The third kappa shape index (κ3) is 4.89. The van der Waals surface area contributed by atoms with Crippen molar-refractivity contribution in [1.29, 1.82) is 0 Å². The molecule has 32 heavy (non-hydrogen) atoms. The Morgan fingerprint density at radius 3 is 2.44 bits per heavy atom. The third-order valence-corrected chi connectivity index (χ3v) is 5.59. The molecule has 1 saturated heterocycles. The minimum atomic E-state index is -0.689. The van der Waals surface area contributed by atoms with E-state index in [0.717, 1.165) is 33.6 Å². The van der Waals surface area contributed by atoms with Crippen molar-refractivity contribution in [2.45, 2.75) is 44.8 Å². The van der Waals surface area contributed by atoms with Crippen LogP contribution < -0.4 is 0 Å². The van der Waals surface area contributed by atoms with E-state index >= 15 is 0 Å². The van der Waals surface area contributed by atoms with Gasteiger partial charge in [-0.25, -0.2) is 4.98 Å². The summed E-state index contributed by atoms with van der Waals surface area (Å²) in [5.74, 6) is 0.0199. The van der Waals surface area contributed by atoms with Crippen molar-refractivity contribution in [3.63, 3.8) is 0 Å². The molecule has 164 valence electrons. The van der Waals surface area contributed by atoms with Crippen LogP contribution in [0.3, 0.4) is 0 Å². The molecule has 1 aliphatic rings. The van der Waals surface area contributed by atoms with Crippen LogP contribution in [0.2, 0.25) is 0 Å². The van der Waals surface area contributed by atoms with Crippen molar-refractivity contribution in [2.24, 2.45) is 0 Å². The number of pyridine rings is 1. The summed E-state index contributed by atoms with van der Waals surface area (Å²) >= 11 is 0. The zero-order valence-corrected chi connectivity index (χ0v) is 18.2. The summed E-state index contributed by atoms with van der Waals surface area (Å²) in [7, 11) is 0. The molecule has 0 spiro atoms. The van der Waals surface area contributed by atoms with Gasteiger partial charge in [0, 0.05) is 23.1 Å². The first-order chi connectivity index (χ1) is 15.4. The number of ether oxygens (including phenoxy) is 1. The second-order valence-corrected chi connectivity index (χ2v) is 8.41. The Kier molecular flexibility index (Phi) is 6.37. The number of nitrogens with zero attached hydrogens (tertiary/aromatic N) is 1. The van der Waals surface area contributed by atoms with Gasteiger partial charge < -0.3 is 14.9 Å². The Bertz CT molecular complexity index is 1120. The van der Waals surface area contributed by atoms with Crippen LogP contribution in [0.4, 0.5) is 0 Å². The highest BCUT2D eigenvalue weighted by Crippen LogP contribution is 2.34. The lowest BCUT2D eigenvalue weighted by molar-refractivity contribution is -0.156. The maximum atomic E-state index is 11.7. The van der Waals surface area contributed by atoms with Crippen molar-refractivity contribution in [1.82, 2.24) is 4.98 Å². The van der Waals surface area contributed by atoms with E-state index in [1.165, 1.54) is 0 Å². The number of rotatable bonds is 5. The lowest BCUT2D eigenvalue weighted by Gasteiger charge is -2.24. The van der Waals surface area contributed by atoms with Crippen LogP contribution in [0, 0.1) is 0 Å². The van der Waals surface area contributed by atoms with Gasteiger partial charge in [0.2, 0.25) is 0 Å². The van der Waals surface area contributed by atoms with Gasteiger partial charge in [-0.05, 0) is 47.9 Å². The number of carbonyl (C=O) groups is 1. The molecule has 5 nitrogen and oxygen atoms in total. The molecule has 5 heteroatoms. The molecular weight excluding hydrogens is 402 g/mol. The van der Waals surface area contributed by atoms with Crippen LogP contribution in [0.25, 0.3) is 28.6 Å². The molecule has 4 rings (SSSR count). The molecule has 0 radical (unpaired) electrons.